The predicted octanol–water partition coefficient (Wildman–Crippen LogP) is 4.07. The average Bonchev–Trinajstić information content (AvgIpc) is 3.46. The number of thiazole rings is 1. The second-order valence-corrected chi connectivity index (χ2v) is 8.07. The third kappa shape index (κ3) is 5.98. The van der Waals surface area contributed by atoms with Crippen molar-refractivity contribution in [3.05, 3.63) is 45.6 Å². The molecule has 1 aromatic carbocycles. The number of aromatic nitrogens is 1. The number of ether oxygens (including phenoxy) is 3. The maximum Gasteiger partial charge on any atom is 0.269 e. The minimum Gasteiger partial charge on any atom is -0.490 e. The zero-order valence-corrected chi connectivity index (χ0v) is 19.7. The SMILES string of the molecule is CCOc1cc(C(=O)NNC(=O)Cc2csc(-c3ccsc3)n2)cc(OCC)c1OCC. The van der Waals surface area contributed by atoms with Gasteiger partial charge in [-0.25, -0.2) is 4.98 Å². The van der Waals surface area contributed by atoms with Gasteiger partial charge >= 0.3 is 0 Å². The Bertz CT molecular complexity index is 1020. The molecule has 0 aliphatic heterocycles. The molecule has 0 spiro atoms. The number of amides is 2. The monoisotopic (exact) mass is 475 g/mol. The van der Waals surface area contributed by atoms with E-state index in [-0.39, 0.29) is 17.9 Å². The summed E-state index contributed by atoms with van der Waals surface area (Å²) in [5, 5.41) is 6.68. The van der Waals surface area contributed by atoms with Crippen molar-refractivity contribution in [2.75, 3.05) is 19.8 Å². The number of nitrogens with one attached hydrogen (secondary N) is 2. The van der Waals surface area contributed by atoms with Gasteiger partial charge in [-0.3, -0.25) is 20.4 Å². The van der Waals surface area contributed by atoms with Crippen molar-refractivity contribution in [3.8, 4) is 27.8 Å². The lowest BCUT2D eigenvalue weighted by Gasteiger charge is -2.17. The van der Waals surface area contributed by atoms with Crippen LogP contribution in [0.5, 0.6) is 17.2 Å². The molecule has 0 aliphatic rings. The first-order chi connectivity index (χ1) is 15.5. The van der Waals surface area contributed by atoms with E-state index in [0.29, 0.717) is 42.8 Å². The van der Waals surface area contributed by atoms with E-state index < -0.39 is 5.91 Å². The van der Waals surface area contributed by atoms with Crippen LogP contribution in [-0.2, 0) is 11.2 Å². The number of hydrazine groups is 1. The molecule has 8 nitrogen and oxygen atoms in total. The Labute approximate surface area is 194 Å². The van der Waals surface area contributed by atoms with E-state index in [4.69, 9.17) is 14.2 Å². The third-order valence-corrected chi connectivity index (χ3v) is 5.77. The van der Waals surface area contributed by atoms with Crippen molar-refractivity contribution in [1.82, 2.24) is 15.8 Å². The standard InChI is InChI=1S/C22H25N3O5S2/c1-4-28-17-9-15(10-18(29-5-2)20(17)30-6-3)21(27)25-24-19(26)11-16-13-32-22(23-16)14-7-8-31-12-14/h7-10,12-13H,4-6,11H2,1-3H3,(H,24,26)(H,25,27). The summed E-state index contributed by atoms with van der Waals surface area (Å²) in [7, 11) is 0. The minimum absolute atomic E-state index is 0.0542. The lowest BCUT2D eigenvalue weighted by Crippen LogP contribution is -2.42. The van der Waals surface area contributed by atoms with E-state index in [2.05, 4.69) is 15.8 Å². The van der Waals surface area contributed by atoms with Crippen molar-refractivity contribution >= 4 is 34.5 Å². The summed E-state index contributed by atoms with van der Waals surface area (Å²) in [5.41, 5.74) is 6.81. The summed E-state index contributed by atoms with van der Waals surface area (Å²) >= 11 is 3.07. The molecule has 170 valence electrons. The number of hydrogen-bond acceptors (Lipinski definition) is 8. The van der Waals surface area contributed by atoms with Crippen LogP contribution in [0, 0.1) is 0 Å². The highest BCUT2D eigenvalue weighted by molar-refractivity contribution is 7.14. The van der Waals surface area contributed by atoms with Crippen molar-refractivity contribution in [2.45, 2.75) is 27.2 Å². The molecule has 0 unspecified atom stereocenters. The maximum absolute atomic E-state index is 12.7. The second kappa shape index (κ2) is 11.5. The highest BCUT2D eigenvalue weighted by Gasteiger charge is 2.19. The van der Waals surface area contributed by atoms with Crippen molar-refractivity contribution in [3.63, 3.8) is 0 Å². The van der Waals surface area contributed by atoms with Crippen LogP contribution in [-0.4, -0.2) is 36.6 Å². The van der Waals surface area contributed by atoms with Crippen LogP contribution in [0.3, 0.4) is 0 Å². The topological polar surface area (TPSA) is 98.8 Å². The smallest absolute Gasteiger partial charge is 0.269 e. The molecule has 3 aromatic rings. The van der Waals surface area contributed by atoms with E-state index in [1.807, 2.05) is 43.0 Å². The summed E-state index contributed by atoms with van der Waals surface area (Å²) in [6, 6.07) is 5.11. The first-order valence-electron chi connectivity index (χ1n) is 10.2. The predicted molar refractivity (Wildman–Crippen MR) is 125 cm³/mol. The highest BCUT2D eigenvalue weighted by atomic mass is 32.1. The second-order valence-electron chi connectivity index (χ2n) is 6.44. The Morgan fingerprint density at radius 3 is 2.25 bits per heavy atom. The molecular weight excluding hydrogens is 450 g/mol. The summed E-state index contributed by atoms with van der Waals surface area (Å²) in [4.78, 5) is 29.4. The number of benzene rings is 1. The molecule has 0 saturated carbocycles. The molecule has 0 atom stereocenters. The summed E-state index contributed by atoms with van der Waals surface area (Å²) in [6.07, 6.45) is 0.0542. The van der Waals surface area contributed by atoms with Crippen LogP contribution in [0.4, 0.5) is 0 Å². The van der Waals surface area contributed by atoms with Gasteiger partial charge in [0.25, 0.3) is 5.91 Å². The number of carbonyl (C=O) groups excluding carboxylic acids is 2. The van der Waals surface area contributed by atoms with Crippen LogP contribution in [0.25, 0.3) is 10.6 Å². The van der Waals surface area contributed by atoms with Gasteiger partial charge in [0.15, 0.2) is 11.5 Å². The molecule has 0 bridgehead atoms. The highest BCUT2D eigenvalue weighted by Crippen LogP contribution is 2.39. The Hall–Kier alpha value is -3.11. The largest absolute Gasteiger partial charge is 0.490 e. The number of thiophene rings is 1. The quantitative estimate of drug-likeness (QED) is 0.429. The van der Waals surface area contributed by atoms with Gasteiger partial charge in [0, 0.05) is 21.9 Å². The molecule has 2 amide bonds. The van der Waals surface area contributed by atoms with Crippen molar-refractivity contribution in [1.29, 1.82) is 0 Å². The van der Waals surface area contributed by atoms with Crippen molar-refractivity contribution < 1.29 is 23.8 Å². The first kappa shape index (κ1) is 23.6. The van der Waals surface area contributed by atoms with Gasteiger partial charge in [-0.2, -0.15) is 11.3 Å². The minimum atomic E-state index is -0.499. The van der Waals surface area contributed by atoms with Crippen LogP contribution >= 0.6 is 22.7 Å². The van der Waals surface area contributed by atoms with Crippen LogP contribution < -0.4 is 25.1 Å². The lowest BCUT2D eigenvalue weighted by molar-refractivity contribution is -0.121. The van der Waals surface area contributed by atoms with E-state index in [1.165, 1.54) is 11.3 Å². The number of hydrogen-bond donors (Lipinski definition) is 2. The van der Waals surface area contributed by atoms with Gasteiger partial charge in [0.2, 0.25) is 11.7 Å². The Morgan fingerprint density at radius 2 is 1.66 bits per heavy atom. The average molecular weight is 476 g/mol. The van der Waals surface area contributed by atoms with E-state index in [0.717, 1.165) is 10.6 Å². The zero-order valence-electron chi connectivity index (χ0n) is 18.1. The normalized spacial score (nSPS) is 10.5. The fourth-order valence-electron chi connectivity index (χ4n) is 2.83. The maximum atomic E-state index is 12.7. The molecule has 0 fully saturated rings. The Kier molecular flexibility index (Phi) is 8.46. The molecule has 32 heavy (non-hydrogen) atoms. The van der Waals surface area contributed by atoms with E-state index >= 15 is 0 Å². The van der Waals surface area contributed by atoms with Gasteiger partial charge in [-0.05, 0) is 44.4 Å². The van der Waals surface area contributed by atoms with Gasteiger partial charge in [0.05, 0.1) is 31.9 Å². The number of nitrogens with zero attached hydrogens (tertiary/aromatic N) is 1. The Morgan fingerprint density at radius 1 is 0.969 bits per heavy atom. The van der Waals surface area contributed by atoms with Crippen molar-refractivity contribution in [2.24, 2.45) is 0 Å². The number of carbonyl (C=O) groups is 2. The molecule has 10 heteroatoms. The van der Waals surface area contributed by atoms with Gasteiger partial charge in [-0.15, -0.1) is 11.3 Å². The van der Waals surface area contributed by atoms with Crippen LogP contribution in [0.15, 0.2) is 34.3 Å². The molecule has 0 radical (unpaired) electrons. The summed E-state index contributed by atoms with van der Waals surface area (Å²) in [6.45, 7) is 6.75. The molecule has 2 aromatic heterocycles. The first-order valence-corrected chi connectivity index (χ1v) is 12.0. The molecule has 3 rings (SSSR count). The Balaban J connectivity index is 1.65. The molecule has 0 saturated heterocycles. The number of rotatable bonds is 10. The fraction of sp³-hybridized carbons (Fsp3) is 0.318. The van der Waals surface area contributed by atoms with E-state index in [9.17, 15) is 9.59 Å². The van der Waals surface area contributed by atoms with E-state index in [1.54, 1.807) is 23.5 Å². The zero-order chi connectivity index (χ0) is 22.9. The van der Waals surface area contributed by atoms with Crippen LogP contribution in [0.1, 0.15) is 36.8 Å². The van der Waals surface area contributed by atoms with Gasteiger partial charge in [0.1, 0.15) is 5.01 Å². The lowest BCUT2D eigenvalue weighted by atomic mass is 10.1. The van der Waals surface area contributed by atoms with Gasteiger partial charge in [-0.1, -0.05) is 0 Å². The molecule has 0 aliphatic carbocycles. The molecule has 2 heterocycles. The summed E-state index contributed by atoms with van der Waals surface area (Å²) < 4.78 is 16.9. The fourth-order valence-corrected chi connectivity index (χ4v) is 4.37. The molecular formula is C22H25N3O5S2. The van der Waals surface area contributed by atoms with Crippen LogP contribution in [0.2, 0.25) is 0 Å². The molecule has 2 N–H and O–H groups in total. The summed E-state index contributed by atoms with van der Waals surface area (Å²) in [5.74, 6) is 0.379. The van der Waals surface area contributed by atoms with Gasteiger partial charge < -0.3 is 14.2 Å². The third-order valence-electron chi connectivity index (χ3n) is 4.15.